The third kappa shape index (κ3) is 3.57. The second-order valence-electron chi connectivity index (χ2n) is 8.61. The molecule has 2 aromatic carbocycles. The molecule has 3 nitrogen and oxygen atoms in total. The fourth-order valence-electron chi connectivity index (χ4n) is 5.35. The van der Waals surface area contributed by atoms with E-state index in [4.69, 9.17) is 11.6 Å². The largest absolute Gasteiger partial charge is 0.377 e. The van der Waals surface area contributed by atoms with Gasteiger partial charge in [-0.2, -0.15) is 0 Å². The van der Waals surface area contributed by atoms with Crippen molar-refractivity contribution in [3.63, 3.8) is 0 Å². The third-order valence-corrected chi connectivity index (χ3v) is 7.02. The predicted octanol–water partition coefficient (Wildman–Crippen LogP) is 6.23. The second-order valence-corrected chi connectivity index (χ2v) is 9.05. The topological polar surface area (TPSA) is 41.1 Å². The SMILES string of the molecule is O=C(NC1CCCCC1)c1cccc2c1NC(c1cccc(Cl)c1)C1CC=CC21. The molecule has 1 amide bonds. The van der Waals surface area contributed by atoms with Crippen molar-refractivity contribution in [1.29, 1.82) is 0 Å². The molecule has 1 aliphatic heterocycles. The van der Waals surface area contributed by atoms with Crippen molar-refractivity contribution in [3.8, 4) is 0 Å². The number of halogens is 1. The van der Waals surface area contributed by atoms with Crippen LogP contribution in [0.25, 0.3) is 0 Å². The molecule has 2 aliphatic carbocycles. The van der Waals surface area contributed by atoms with Crippen molar-refractivity contribution in [3.05, 3.63) is 76.3 Å². The molecule has 0 bridgehead atoms. The number of hydrogen-bond acceptors (Lipinski definition) is 2. The maximum atomic E-state index is 13.2. The number of carbonyl (C=O) groups is 1. The fourth-order valence-corrected chi connectivity index (χ4v) is 5.55. The smallest absolute Gasteiger partial charge is 0.253 e. The summed E-state index contributed by atoms with van der Waals surface area (Å²) in [4.78, 5) is 13.2. The van der Waals surface area contributed by atoms with E-state index in [1.54, 1.807) is 0 Å². The Bertz CT molecular complexity index is 948. The number of benzene rings is 2. The summed E-state index contributed by atoms with van der Waals surface area (Å²) in [5, 5.41) is 7.78. The Morgan fingerprint density at radius 1 is 1.07 bits per heavy atom. The summed E-state index contributed by atoms with van der Waals surface area (Å²) < 4.78 is 0. The number of rotatable bonds is 3. The molecule has 0 aromatic heterocycles. The van der Waals surface area contributed by atoms with Crippen molar-refractivity contribution in [2.24, 2.45) is 5.92 Å². The van der Waals surface area contributed by atoms with Gasteiger partial charge < -0.3 is 10.6 Å². The number of para-hydroxylation sites is 1. The number of nitrogens with one attached hydrogen (secondary N) is 2. The zero-order valence-corrected chi connectivity index (χ0v) is 17.3. The second kappa shape index (κ2) is 7.87. The van der Waals surface area contributed by atoms with Crippen LogP contribution in [0.15, 0.2) is 54.6 Å². The molecule has 1 fully saturated rings. The average molecular weight is 407 g/mol. The fraction of sp³-hybridized carbons (Fsp3) is 0.400. The normalized spacial score (nSPS) is 25.8. The molecule has 29 heavy (non-hydrogen) atoms. The first kappa shape index (κ1) is 18.7. The van der Waals surface area contributed by atoms with Gasteiger partial charge in [0.05, 0.1) is 17.3 Å². The Morgan fingerprint density at radius 3 is 2.72 bits per heavy atom. The Hall–Kier alpha value is -2.26. The number of allylic oxidation sites excluding steroid dienone is 2. The zero-order chi connectivity index (χ0) is 19.8. The number of hydrogen-bond donors (Lipinski definition) is 2. The van der Waals surface area contributed by atoms with Gasteiger partial charge in [-0.15, -0.1) is 0 Å². The molecule has 3 atom stereocenters. The van der Waals surface area contributed by atoms with Gasteiger partial charge in [-0.25, -0.2) is 0 Å². The molecule has 3 unspecified atom stereocenters. The molecule has 3 aliphatic rings. The summed E-state index contributed by atoms with van der Waals surface area (Å²) in [5.74, 6) is 0.821. The molecule has 1 saturated carbocycles. The Balaban J connectivity index is 1.49. The van der Waals surface area contributed by atoms with Crippen LogP contribution in [0.5, 0.6) is 0 Å². The van der Waals surface area contributed by atoms with Crippen LogP contribution in [0.4, 0.5) is 5.69 Å². The number of amides is 1. The van der Waals surface area contributed by atoms with Gasteiger partial charge in [-0.3, -0.25) is 4.79 Å². The van der Waals surface area contributed by atoms with Gasteiger partial charge in [0, 0.05) is 17.0 Å². The van der Waals surface area contributed by atoms with E-state index < -0.39 is 0 Å². The minimum Gasteiger partial charge on any atom is -0.377 e. The van der Waals surface area contributed by atoms with Crippen LogP contribution in [0.1, 0.15) is 72.0 Å². The highest BCUT2D eigenvalue weighted by molar-refractivity contribution is 6.30. The first-order chi connectivity index (χ1) is 14.2. The van der Waals surface area contributed by atoms with E-state index in [1.807, 2.05) is 30.3 Å². The van der Waals surface area contributed by atoms with Crippen LogP contribution in [-0.4, -0.2) is 11.9 Å². The molecule has 1 heterocycles. The molecule has 2 N–H and O–H groups in total. The highest BCUT2D eigenvalue weighted by Gasteiger charge is 2.39. The monoisotopic (exact) mass is 406 g/mol. The Morgan fingerprint density at radius 2 is 1.90 bits per heavy atom. The van der Waals surface area contributed by atoms with Gasteiger partial charge in [-0.05, 0) is 54.5 Å². The van der Waals surface area contributed by atoms with Gasteiger partial charge >= 0.3 is 0 Å². The Labute approximate surface area is 177 Å². The lowest BCUT2D eigenvalue weighted by molar-refractivity contribution is 0.0928. The van der Waals surface area contributed by atoms with Gasteiger partial charge in [0.1, 0.15) is 0 Å². The highest BCUT2D eigenvalue weighted by atomic mass is 35.5. The molecule has 150 valence electrons. The van der Waals surface area contributed by atoms with E-state index in [0.717, 1.165) is 35.5 Å². The number of carbonyl (C=O) groups excluding carboxylic acids is 1. The average Bonchev–Trinajstić information content (AvgIpc) is 3.23. The predicted molar refractivity (Wildman–Crippen MR) is 119 cm³/mol. The van der Waals surface area contributed by atoms with E-state index in [-0.39, 0.29) is 11.9 Å². The first-order valence-electron chi connectivity index (χ1n) is 10.8. The standard InChI is InChI=1S/C25H27ClN2O/c26-17-8-4-7-16(15-17)23-20-12-5-11-19(20)21-13-6-14-22(24(21)28-23)25(29)27-18-9-2-1-3-10-18/h4-8,11,13-15,18-20,23,28H,1-3,9-10,12H2,(H,27,29). The van der Waals surface area contributed by atoms with Crippen LogP contribution in [-0.2, 0) is 0 Å². The highest BCUT2D eigenvalue weighted by Crippen LogP contribution is 2.50. The van der Waals surface area contributed by atoms with Crippen LogP contribution < -0.4 is 10.6 Å². The van der Waals surface area contributed by atoms with Crippen LogP contribution in [0, 0.1) is 5.92 Å². The minimum absolute atomic E-state index is 0.0477. The third-order valence-electron chi connectivity index (χ3n) is 6.79. The summed E-state index contributed by atoms with van der Waals surface area (Å²) in [6.45, 7) is 0. The maximum Gasteiger partial charge on any atom is 0.253 e. The maximum absolute atomic E-state index is 13.2. The van der Waals surface area contributed by atoms with E-state index in [0.29, 0.717) is 17.9 Å². The van der Waals surface area contributed by atoms with Crippen molar-refractivity contribution in [1.82, 2.24) is 5.32 Å². The van der Waals surface area contributed by atoms with Crippen LogP contribution in [0.2, 0.25) is 5.02 Å². The van der Waals surface area contributed by atoms with Gasteiger partial charge in [-0.1, -0.05) is 67.3 Å². The minimum atomic E-state index is 0.0477. The van der Waals surface area contributed by atoms with Crippen LogP contribution in [0.3, 0.4) is 0 Å². The molecule has 0 radical (unpaired) electrons. The molecular formula is C25H27ClN2O. The van der Waals surface area contributed by atoms with E-state index in [9.17, 15) is 4.79 Å². The number of fused-ring (bicyclic) bond motifs is 3. The zero-order valence-electron chi connectivity index (χ0n) is 16.5. The van der Waals surface area contributed by atoms with E-state index >= 15 is 0 Å². The van der Waals surface area contributed by atoms with Crippen molar-refractivity contribution < 1.29 is 4.79 Å². The summed E-state index contributed by atoms with van der Waals surface area (Å²) in [6.07, 6.45) is 11.5. The quantitative estimate of drug-likeness (QED) is 0.593. The van der Waals surface area contributed by atoms with Gasteiger partial charge in [0.15, 0.2) is 0 Å². The molecule has 5 rings (SSSR count). The van der Waals surface area contributed by atoms with Crippen molar-refractivity contribution in [2.75, 3.05) is 5.32 Å². The first-order valence-corrected chi connectivity index (χ1v) is 11.2. The lowest BCUT2D eigenvalue weighted by Gasteiger charge is -2.38. The Kier molecular flexibility index (Phi) is 5.09. The van der Waals surface area contributed by atoms with E-state index in [1.165, 1.54) is 30.4 Å². The van der Waals surface area contributed by atoms with Crippen molar-refractivity contribution >= 4 is 23.2 Å². The van der Waals surface area contributed by atoms with Crippen molar-refractivity contribution in [2.45, 2.75) is 56.5 Å². The lowest BCUT2D eigenvalue weighted by atomic mass is 9.76. The van der Waals surface area contributed by atoms with Crippen LogP contribution >= 0.6 is 11.6 Å². The molecule has 2 aromatic rings. The van der Waals surface area contributed by atoms with Gasteiger partial charge in [0.25, 0.3) is 5.91 Å². The lowest BCUT2D eigenvalue weighted by Crippen LogP contribution is -2.37. The molecule has 0 spiro atoms. The summed E-state index contributed by atoms with van der Waals surface area (Å²) in [6, 6.07) is 14.7. The summed E-state index contributed by atoms with van der Waals surface area (Å²) >= 11 is 6.29. The molecular weight excluding hydrogens is 380 g/mol. The number of anilines is 1. The molecule has 0 saturated heterocycles. The summed E-state index contributed by atoms with van der Waals surface area (Å²) in [5.41, 5.74) is 4.17. The van der Waals surface area contributed by atoms with Gasteiger partial charge in [0.2, 0.25) is 0 Å². The molecule has 4 heteroatoms. The summed E-state index contributed by atoms with van der Waals surface area (Å²) in [7, 11) is 0. The van der Waals surface area contributed by atoms with E-state index in [2.05, 4.69) is 34.9 Å².